The Hall–Kier alpha value is -0.620. The monoisotopic (exact) mass is 340 g/mol. The van der Waals surface area contributed by atoms with Crippen LogP contribution >= 0.6 is 11.6 Å². The van der Waals surface area contributed by atoms with Gasteiger partial charge in [-0.05, 0) is 26.2 Å². The number of piperazine rings is 1. The van der Waals surface area contributed by atoms with E-state index in [0.29, 0.717) is 6.04 Å². The van der Waals surface area contributed by atoms with Crippen LogP contribution in [-0.4, -0.2) is 63.0 Å². The van der Waals surface area contributed by atoms with Gasteiger partial charge in [-0.15, -0.1) is 0 Å². The summed E-state index contributed by atoms with van der Waals surface area (Å²) in [5.41, 5.74) is 2.17. The van der Waals surface area contributed by atoms with Gasteiger partial charge in [0.1, 0.15) is 5.15 Å². The van der Waals surface area contributed by atoms with Gasteiger partial charge in [-0.25, -0.2) is 0 Å². The standard InChI is InChI=1S/C17H29ClN4O/c1-13-16(17(18)20(2)19-13)12-21-8-9-22(14-5-3-4-6-14)15(11-21)7-10-23/h14-15,23H,3-12H2,1-2H3/t15-/m0/s1. The van der Waals surface area contributed by atoms with Crippen LogP contribution in [0.1, 0.15) is 43.4 Å². The van der Waals surface area contributed by atoms with Crippen molar-refractivity contribution in [2.24, 2.45) is 7.05 Å². The van der Waals surface area contributed by atoms with E-state index in [1.54, 1.807) is 4.68 Å². The quantitative estimate of drug-likeness (QED) is 0.892. The van der Waals surface area contributed by atoms with Gasteiger partial charge in [0.2, 0.25) is 0 Å². The minimum Gasteiger partial charge on any atom is -0.396 e. The fourth-order valence-electron chi connectivity index (χ4n) is 4.28. The van der Waals surface area contributed by atoms with Crippen LogP contribution < -0.4 is 0 Å². The summed E-state index contributed by atoms with van der Waals surface area (Å²) in [4.78, 5) is 5.14. The Bertz CT molecular complexity index is 527. The van der Waals surface area contributed by atoms with Crippen LogP contribution in [0.25, 0.3) is 0 Å². The number of nitrogens with zero attached hydrogens (tertiary/aromatic N) is 4. The van der Waals surface area contributed by atoms with Crippen molar-refractivity contribution >= 4 is 11.6 Å². The predicted molar refractivity (Wildman–Crippen MR) is 92.7 cm³/mol. The SMILES string of the molecule is Cc1nn(C)c(Cl)c1CN1CCN(C2CCCC2)[C@@H](CCO)C1. The summed E-state index contributed by atoms with van der Waals surface area (Å²) in [6.07, 6.45) is 6.25. The molecule has 1 saturated carbocycles. The Morgan fingerprint density at radius 2 is 2.00 bits per heavy atom. The van der Waals surface area contributed by atoms with Crippen molar-refractivity contribution in [3.05, 3.63) is 16.4 Å². The molecule has 23 heavy (non-hydrogen) atoms. The summed E-state index contributed by atoms with van der Waals surface area (Å²) >= 11 is 6.39. The molecule has 1 atom stereocenters. The number of hydrogen-bond donors (Lipinski definition) is 1. The number of aliphatic hydroxyl groups excluding tert-OH is 1. The van der Waals surface area contributed by atoms with Crippen LogP contribution in [0.15, 0.2) is 0 Å². The molecule has 6 heteroatoms. The third kappa shape index (κ3) is 3.73. The maximum atomic E-state index is 9.47. The number of rotatable bonds is 5. The van der Waals surface area contributed by atoms with E-state index < -0.39 is 0 Å². The van der Waals surface area contributed by atoms with Crippen molar-refractivity contribution in [1.29, 1.82) is 0 Å². The Balaban J connectivity index is 1.66. The van der Waals surface area contributed by atoms with Crippen molar-refractivity contribution < 1.29 is 5.11 Å². The molecule has 1 aliphatic carbocycles. The zero-order chi connectivity index (χ0) is 16.4. The fraction of sp³-hybridized carbons (Fsp3) is 0.824. The van der Waals surface area contributed by atoms with Crippen LogP contribution in [0.2, 0.25) is 5.15 Å². The summed E-state index contributed by atoms with van der Waals surface area (Å²) in [6, 6.07) is 1.20. The summed E-state index contributed by atoms with van der Waals surface area (Å²) in [5, 5.41) is 14.6. The third-order valence-corrected chi connectivity index (χ3v) is 5.99. The van der Waals surface area contributed by atoms with Crippen LogP contribution in [-0.2, 0) is 13.6 Å². The highest BCUT2D eigenvalue weighted by atomic mass is 35.5. The van der Waals surface area contributed by atoms with E-state index in [9.17, 15) is 5.11 Å². The molecule has 0 radical (unpaired) electrons. The number of halogens is 1. The summed E-state index contributed by atoms with van der Waals surface area (Å²) in [6.45, 7) is 6.35. The van der Waals surface area contributed by atoms with Crippen molar-refractivity contribution in [3.8, 4) is 0 Å². The van der Waals surface area contributed by atoms with Gasteiger partial charge >= 0.3 is 0 Å². The molecule has 0 aromatic carbocycles. The van der Waals surface area contributed by atoms with Crippen LogP contribution in [0.5, 0.6) is 0 Å². The zero-order valence-corrected chi connectivity index (χ0v) is 15.1. The normalized spacial score (nSPS) is 24.6. The highest BCUT2D eigenvalue weighted by Crippen LogP contribution is 2.29. The van der Waals surface area contributed by atoms with E-state index in [1.807, 2.05) is 14.0 Å². The van der Waals surface area contributed by atoms with Gasteiger partial charge in [0, 0.05) is 57.5 Å². The summed E-state index contributed by atoms with van der Waals surface area (Å²) in [5.74, 6) is 0. The smallest absolute Gasteiger partial charge is 0.131 e. The van der Waals surface area contributed by atoms with Crippen LogP contribution in [0.3, 0.4) is 0 Å². The minimum atomic E-state index is 0.272. The molecule has 3 rings (SSSR count). The molecule has 1 aromatic rings. The highest BCUT2D eigenvalue weighted by molar-refractivity contribution is 6.30. The number of aromatic nitrogens is 2. The molecule has 0 bridgehead atoms. The molecule has 2 fully saturated rings. The average molecular weight is 341 g/mol. The van der Waals surface area contributed by atoms with Gasteiger partial charge in [-0.2, -0.15) is 5.10 Å². The second-order valence-corrected chi connectivity index (χ2v) is 7.41. The van der Waals surface area contributed by atoms with Gasteiger partial charge in [0.25, 0.3) is 0 Å². The lowest BCUT2D eigenvalue weighted by Crippen LogP contribution is -2.56. The fourth-order valence-corrected chi connectivity index (χ4v) is 4.51. The lowest BCUT2D eigenvalue weighted by atomic mass is 10.0. The molecule has 1 aliphatic heterocycles. The van der Waals surface area contributed by atoms with E-state index >= 15 is 0 Å². The largest absolute Gasteiger partial charge is 0.396 e. The second-order valence-electron chi connectivity index (χ2n) is 7.06. The Kier molecular flexibility index (Phi) is 5.62. The van der Waals surface area contributed by atoms with E-state index in [1.165, 1.54) is 25.7 Å². The minimum absolute atomic E-state index is 0.272. The first-order valence-electron chi connectivity index (χ1n) is 8.87. The first-order chi connectivity index (χ1) is 11.1. The van der Waals surface area contributed by atoms with Gasteiger partial charge in [0.05, 0.1) is 5.69 Å². The Morgan fingerprint density at radius 1 is 1.26 bits per heavy atom. The van der Waals surface area contributed by atoms with E-state index in [-0.39, 0.29) is 6.61 Å². The summed E-state index contributed by atoms with van der Waals surface area (Å²) in [7, 11) is 1.89. The first kappa shape index (κ1) is 17.2. The van der Waals surface area contributed by atoms with Crippen LogP contribution in [0, 0.1) is 6.92 Å². The molecule has 1 N–H and O–H groups in total. The molecule has 0 spiro atoms. The maximum Gasteiger partial charge on any atom is 0.131 e. The van der Waals surface area contributed by atoms with Crippen molar-refractivity contribution in [1.82, 2.24) is 19.6 Å². The molecule has 2 heterocycles. The number of hydrogen-bond acceptors (Lipinski definition) is 4. The first-order valence-corrected chi connectivity index (χ1v) is 9.25. The second kappa shape index (κ2) is 7.51. The van der Waals surface area contributed by atoms with E-state index in [0.717, 1.165) is 55.1 Å². The molecule has 0 amide bonds. The lowest BCUT2D eigenvalue weighted by molar-refractivity contribution is 0.0267. The number of aliphatic hydroxyl groups is 1. The lowest BCUT2D eigenvalue weighted by Gasteiger charge is -2.44. The topological polar surface area (TPSA) is 44.5 Å². The average Bonchev–Trinajstić information content (AvgIpc) is 3.13. The highest BCUT2D eigenvalue weighted by Gasteiger charge is 2.33. The molecule has 1 aromatic heterocycles. The molecular formula is C17H29ClN4O. The van der Waals surface area contributed by atoms with Gasteiger partial charge in [0.15, 0.2) is 0 Å². The molecule has 130 valence electrons. The molecular weight excluding hydrogens is 312 g/mol. The number of aryl methyl sites for hydroxylation is 2. The zero-order valence-electron chi connectivity index (χ0n) is 14.3. The van der Waals surface area contributed by atoms with Crippen molar-refractivity contribution in [2.75, 3.05) is 26.2 Å². The molecule has 0 unspecified atom stereocenters. The summed E-state index contributed by atoms with van der Waals surface area (Å²) < 4.78 is 1.76. The van der Waals surface area contributed by atoms with Gasteiger partial charge < -0.3 is 5.11 Å². The Labute approximate surface area is 144 Å². The molecule has 1 saturated heterocycles. The van der Waals surface area contributed by atoms with Gasteiger partial charge in [-0.3, -0.25) is 14.5 Å². The van der Waals surface area contributed by atoms with Crippen LogP contribution in [0.4, 0.5) is 0 Å². The van der Waals surface area contributed by atoms with Crippen molar-refractivity contribution in [2.45, 2.75) is 57.7 Å². The molecule has 2 aliphatic rings. The Morgan fingerprint density at radius 3 is 2.61 bits per heavy atom. The molecule has 5 nitrogen and oxygen atoms in total. The third-order valence-electron chi connectivity index (χ3n) is 5.52. The maximum absolute atomic E-state index is 9.47. The predicted octanol–water partition coefficient (Wildman–Crippen LogP) is 2.19. The van der Waals surface area contributed by atoms with E-state index in [2.05, 4.69) is 14.9 Å². The van der Waals surface area contributed by atoms with E-state index in [4.69, 9.17) is 11.6 Å². The van der Waals surface area contributed by atoms with Gasteiger partial charge in [-0.1, -0.05) is 24.4 Å². The van der Waals surface area contributed by atoms with Crippen molar-refractivity contribution in [3.63, 3.8) is 0 Å².